The molecule has 1 heterocycles. The van der Waals surface area contributed by atoms with Gasteiger partial charge < -0.3 is 14.5 Å². The summed E-state index contributed by atoms with van der Waals surface area (Å²) in [5.41, 5.74) is 0.0654. The van der Waals surface area contributed by atoms with E-state index in [1.165, 1.54) is 19.2 Å². The van der Waals surface area contributed by atoms with E-state index in [1.54, 1.807) is 18.0 Å². The quantitative estimate of drug-likeness (QED) is 0.612. The fourth-order valence-electron chi connectivity index (χ4n) is 3.68. The lowest BCUT2D eigenvalue weighted by Gasteiger charge is -2.34. The van der Waals surface area contributed by atoms with Crippen LogP contribution in [-0.2, 0) is 26.9 Å². The summed E-state index contributed by atoms with van der Waals surface area (Å²) in [5, 5.41) is 0. The van der Waals surface area contributed by atoms with Crippen molar-refractivity contribution in [3.63, 3.8) is 0 Å². The van der Waals surface area contributed by atoms with Crippen molar-refractivity contribution in [2.75, 3.05) is 40.3 Å². The fraction of sp³-hybridized carbons (Fsp3) is 0.619. The van der Waals surface area contributed by atoms with Crippen LogP contribution in [0.2, 0.25) is 0 Å². The molecule has 0 aliphatic carbocycles. The largest absolute Gasteiger partial charge is 0.469 e. The minimum absolute atomic E-state index is 0.0768. The molecular formula is C21H29F3N2O3. The number of benzene rings is 1. The van der Waals surface area contributed by atoms with Crippen molar-refractivity contribution in [3.05, 3.63) is 35.4 Å². The summed E-state index contributed by atoms with van der Waals surface area (Å²) in [6.07, 6.45) is -1.55. The van der Waals surface area contributed by atoms with E-state index in [9.17, 15) is 22.8 Å². The Hall–Kier alpha value is -2.09. The monoisotopic (exact) mass is 414 g/mol. The number of esters is 1. The zero-order valence-corrected chi connectivity index (χ0v) is 17.0. The van der Waals surface area contributed by atoms with Gasteiger partial charge in [-0.3, -0.25) is 9.59 Å². The summed E-state index contributed by atoms with van der Waals surface area (Å²) in [7, 11) is 3.04. The van der Waals surface area contributed by atoms with E-state index in [4.69, 9.17) is 0 Å². The lowest BCUT2D eigenvalue weighted by molar-refractivity contribution is -0.143. The highest BCUT2D eigenvalue weighted by atomic mass is 19.4. The van der Waals surface area contributed by atoms with Crippen LogP contribution in [0, 0.1) is 5.92 Å². The van der Waals surface area contributed by atoms with Crippen molar-refractivity contribution < 1.29 is 27.5 Å². The highest BCUT2D eigenvalue weighted by molar-refractivity contribution is 5.81. The van der Waals surface area contributed by atoms with Gasteiger partial charge in [-0.1, -0.05) is 18.2 Å². The van der Waals surface area contributed by atoms with E-state index >= 15 is 0 Å². The van der Waals surface area contributed by atoms with Gasteiger partial charge in [-0.25, -0.2) is 0 Å². The van der Waals surface area contributed by atoms with Crippen LogP contribution in [0.25, 0.3) is 0 Å². The minimum atomic E-state index is -4.32. The Balaban J connectivity index is 1.80. The van der Waals surface area contributed by atoms with E-state index in [1.807, 2.05) is 0 Å². The maximum atomic E-state index is 12.9. The third-order valence-corrected chi connectivity index (χ3v) is 5.30. The third kappa shape index (κ3) is 7.68. The Morgan fingerprint density at radius 2 is 2.03 bits per heavy atom. The van der Waals surface area contributed by atoms with Gasteiger partial charge in [0.2, 0.25) is 5.91 Å². The van der Waals surface area contributed by atoms with Gasteiger partial charge in [-0.2, -0.15) is 13.2 Å². The molecule has 1 aliphatic rings. The first-order valence-corrected chi connectivity index (χ1v) is 9.88. The van der Waals surface area contributed by atoms with E-state index in [2.05, 4.69) is 9.64 Å². The van der Waals surface area contributed by atoms with Crippen molar-refractivity contribution in [1.82, 2.24) is 9.80 Å². The molecular weight excluding hydrogens is 385 g/mol. The average molecular weight is 414 g/mol. The summed E-state index contributed by atoms with van der Waals surface area (Å²) in [5.74, 6) is -0.168. The predicted octanol–water partition coefficient (Wildman–Crippen LogP) is 3.37. The molecule has 1 aliphatic heterocycles. The second-order valence-electron chi connectivity index (χ2n) is 7.61. The molecule has 162 valence electrons. The van der Waals surface area contributed by atoms with Gasteiger partial charge in [0.05, 0.1) is 19.1 Å². The minimum Gasteiger partial charge on any atom is -0.469 e. The first kappa shape index (κ1) is 23.2. The molecule has 0 unspecified atom stereocenters. The first-order valence-electron chi connectivity index (χ1n) is 9.88. The van der Waals surface area contributed by atoms with E-state index in [-0.39, 0.29) is 18.7 Å². The summed E-state index contributed by atoms with van der Waals surface area (Å²) in [6.45, 7) is 3.03. The second kappa shape index (κ2) is 10.6. The number of piperidine rings is 1. The zero-order chi connectivity index (χ0) is 21.4. The number of hydrogen-bond donors (Lipinski definition) is 0. The van der Waals surface area contributed by atoms with Crippen LogP contribution in [0.15, 0.2) is 24.3 Å². The van der Waals surface area contributed by atoms with Crippen LogP contribution in [0.1, 0.15) is 36.8 Å². The standard InChI is InChI=1S/C21H29F3N2O3/c1-25(19(27)8-9-20(28)29-2)14-17-6-4-11-26(15-17)12-10-16-5-3-7-18(13-16)21(22,23)24/h3,5,7,13,17H,4,6,8-12,14-15H2,1-2H3/t17-/m1/s1. The van der Waals surface area contributed by atoms with E-state index < -0.39 is 17.7 Å². The Morgan fingerprint density at radius 1 is 1.28 bits per heavy atom. The Labute approximate surface area is 169 Å². The molecule has 0 radical (unpaired) electrons. The lowest BCUT2D eigenvalue weighted by Crippen LogP contribution is -2.42. The molecule has 1 fully saturated rings. The number of nitrogens with zero attached hydrogens (tertiary/aromatic N) is 2. The number of halogens is 3. The van der Waals surface area contributed by atoms with Gasteiger partial charge in [0.1, 0.15) is 0 Å². The predicted molar refractivity (Wildman–Crippen MR) is 103 cm³/mol. The van der Waals surface area contributed by atoms with Gasteiger partial charge in [0.15, 0.2) is 0 Å². The molecule has 2 rings (SSSR count). The van der Waals surface area contributed by atoms with Gasteiger partial charge in [0.25, 0.3) is 0 Å². The molecule has 8 heteroatoms. The summed E-state index contributed by atoms with van der Waals surface area (Å²) in [6, 6.07) is 5.49. The lowest BCUT2D eigenvalue weighted by atomic mass is 9.96. The highest BCUT2D eigenvalue weighted by Crippen LogP contribution is 2.29. The number of hydrogen-bond acceptors (Lipinski definition) is 4. The number of methoxy groups -OCH3 is 1. The number of carbonyl (C=O) groups is 2. The molecule has 5 nitrogen and oxygen atoms in total. The second-order valence-corrected chi connectivity index (χ2v) is 7.61. The smallest absolute Gasteiger partial charge is 0.416 e. The van der Waals surface area contributed by atoms with E-state index in [0.29, 0.717) is 31.0 Å². The van der Waals surface area contributed by atoms with Crippen LogP contribution >= 0.6 is 0 Å². The number of likely N-dealkylation sites (tertiary alicyclic amines) is 1. The number of ether oxygens (including phenoxy) is 1. The van der Waals surface area contributed by atoms with Gasteiger partial charge in [0, 0.05) is 33.1 Å². The van der Waals surface area contributed by atoms with E-state index in [0.717, 1.165) is 32.0 Å². The summed E-state index contributed by atoms with van der Waals surface area (Å²) in [4.78, 5) is 27.2. The summed E-state index contributed by atoms with van der Waals surface area (Å²) < 4.78 is 43.1. The average Bonchev–Trinajstić information content (AvgIpc) is 2.70. The van der Waals surface area contributed by atoms with Crippen LogP contribution in [-0.4, -0.2) is 62.0 Å². The Morgan fingerprint density at radius 3 is 2.72 bits per heavy atom. The zero-order valence-electron chi connectivity index (χ0n) is 17.0. The van der Waals surface area contributed by atoms with Crippen LogP contribution < -0.4 is 0 Å². The van der Waals surface area contributed by atoms with Crippen molar-refractivity contribution in [2.24, 2.45) is 5.92 Å². The normalized spacial score (nSPS) is 17.8. The molecule has 1 atom stereocenters. The number of amides is 1. The molecule has 1 amide bonds. The molecule has 0 bridgehead atoms. The Kier molecular flexibility index (Phi) is 8.49. The number of carbonyl (C=O) groups excluding carboxylic acids is 2. The molecule has 0 aromatic heterocycles. The molecule has 1 aromatic rings. The maximum Gasteiger partial charge on any atom is 0.416 e. The van der Waals surface area contributed by atoms with Crippen LogP contribution in [0.5, 0.6) is 0 Å². The van der Waals surface area contributed by atoms with Crippen molar-refractivity contribution in [1.29, 1.82) is 0 Å². The van der Waals surface area contributed by atoms with Gasteiger partial charge in [-0.15, -0.1) is 0 Å². The number of rotatable bonds is 8. The van der Waals surface area contributed by atoms with Crippen molar-refractivity contribution >= 4 is 11.9 Å². The first-order chi connectivity index (χ1) is 13.7. The van der Waals surface area contributed by atoms with Crippen LogP contribution in [0.4, 0.5) is 13.2 Å². The topological polar surface area (TPSA) is 49.9 Å². The molecule has 1 aromatic carbocycles. The number of alkyl halides is 3. The molecule has 0 spiro atoms. The van der Waals surface area contributed by atoms with Gasteiger partial charge in [-0.05, 0) is 43.4 Å². The fourth-order valence-corrected chi connectivity index (χ4v) is 3.68. The highest BCUT2D eigenvalue weighted by Gasteiger charge is 2.30. The van der Waals surface area contributed by atoms with Crippen molar-refractivity contribution in [2.45, 2.75) is 38.3 Å². The Bertz CT molecular complexity index is 694. The third-order valence-electron chi connectivity index (χ3n) is 5.30. The SMILES string of the molecule is COC(=O)CCC(=O)N(C)C[C@H]1CCCN(CCc2cccc(C(F)(F)F)c2)C1. The summed E-state index contributed by atoms with van der Waals surface area (Å²) >= 11 is 0. The van der Waals surface area contributed by atoms with Gasteiger partial charge >= 0.3 is 12.1 Å². The van der Waals surface area contributed by atoms with Crippen LogP contribution in [0.3, 0.4) is 0 Å². The van der Waals surface area contributed by atoms with Crippen molar-refractivity contribution in [3.8, 4) is 0 Å². The molecule has 1 saturated heterocycles. The molecule has 29 heavy (non-hydrogen) atoms. The molecule has 0 N–H and O–H groups in total. The molecule has 0 saturated carbocycles. The maximum absolute atomic E-state index is 12.9.